The zero-order valence-electron chi connectivity index (χ0n) is 14.0. The summed E-state index contributed by atoms with van der Waals surface area (Å²) in [5.74, 6) is 0.762. The molecule has 0 bridgehead atoms. The van der Waals surface area contributed by atoms with E-state index in [2.05, 4.69) is 41.0 Å². The number of nitrogens with zero attached hydrogens (tertiary/aromatic N) is 2. The van der Waals surface area contributed by atoms with Crippen LogP contribution in [0.3, 0.4) is 0 Å². The largest absolute Gasteiger partial charge is 0.383 e. The first-order valence-electron chi connectivity index (χ1n) is 7.36. The minimum absolute atomic E-state index is 0.0923. The predicted octanol–water partition coefficient (Wildman–Crippen LogP) is 2.31. The molecule has 1 aromatic rings. The molecule has 0 atom stereocenters. The van der Waals surface area contributed by atoms with Gasteiger partial charge < -0.3 is 16.0 Å². The van der Waals surface area contributed by atoms with E-state index in [1.807, 2.05) is 0 Å². The van der Waals surface area contributed by atoms with Crippen LogP contribution in [-0.2, 0) is 0 Å². The molecule has 0 amide bonds. The quantitative estimate of drug-likeness (QED) is 0.221. The molecule has 3 N–H and O–H groups in total. The molecule has 0 spiro atoms. The van der Waals surface area contributed by atoms with Gasteiger partial charge in [0, 0.05) is 49.2 Å². The van der Waals surface area contributed by atoms with Crippen molar-refractivity contribution in [2.24, 2.45) is 4.99 Å². The fraction of sp³-hybridized carbons (Fsp3) is 0.533. The van der Waals surface area contributed by atoms with Crippen LogP contribution in [0, 0.1) is 10.1 Å². The Morgan fingerprint density at radius 2 is 1.91 bits per heavy atom. The van der Waals surface area contributed by atoms with Gasteiger partial charge in [-0.1, -0.05) is 0 Å². The Morgan fingerprint density at radius 1 is 1.26 bits per heavy atom. The van der Waals surface area contributed by atoms with Crippen LogP contribution in [0.25, 0.3) is 0 Å². The smallest absolute Gasteiger partial charge is 0.269 e. The Kier molecular flexibility index (Phi) is 7.67. The zero-order valence-corrected chi connectivity index (χ0v) is 14.9. The van der Waals surface area contributed by atoms with E-state index in [-0.39, 0.29) is 10.4 Å². The lowest BCUT2D eigenvalue weighted by Crippen LogP contribution is -2.44. The number of guanidine groups is 1. The second-order valence-electron chi connectivity index (χ2n) is 5.55. The highest BCUT2D eigenvalue weighted by atomic mass is 32.2. The average Bonchev–Trinajstić information content (AvgIpc) is 2.54. The molecule has 0 saturated heterocycles. The number of hydrogen-bond acceptors (Lipinski definition) is 5. The average molecular weight is 339 g/mol. The zero-order chi connectivity index (χ0) is 17.3. The van der Waals surface area contributed by atoms with Gasteiger partial charge in [0.25, 0.3) is 5.69 Å². The third-order valence-corrected chi connectivity index (χ3v) is 4.53. The molecule has 128 valence electrons. The van der Waals surface area contributed by atoms with Crippen molar-refractivity contribution < 1.29 is 4.92 Å². The molecule has 0 unspecified atom stereocenters. The first-order valence-corrected chi connectivity index (χ1v) is 8.58. The summed E-state index contributed by atoms with van der Waals surface area (Å²) in [6.07, 6.45) is 2.09. The molecule has 0 radical (unpaired) electrons. The number of nitro groups is 1. The highest BCUT2D eigenvalue weighted by molar-refractivity contribution is 7.99. The van der Waals surface area contributed by atoms with Crippen molar-refractivity contribution in [3.05, 3.63) is 34.4 Å². The van der Waals surface area contributed by atoms with Gasteiger partial charge in [-0.3, -0.25) is 15.1 Å². The van der Waals surface area contributed by atoms with Crippen molar-refractivity contribution in [1.82, 2.24) is 10.6 Å². The molecule has 0 aliphatic carbocycles. The van der Waals surface area contributed by atoms with Crippen LogP contribution in [-0.4, -0.2) is 48.6 Å². The normalized spacial score (nSPS) is 11.9. The Labute approximate surface area is 141 Å². The van der Waals surface area contributed by atoms with E-state index >= 15 is 0 Å². The van der Waals surface area contributed by atoms with Gasteiger partial charge in [-0.25, -0.2) is 0 Å². The van der Waals surface area contributed by atoms with E-state index in [0.717, 1.165) is 18.2 Å². The van der Waals surface area contributed by atoms with Crippen molar-refractivity contribution in [1.29, 1.82) is 0 Å². The number of non-ortho nitro benzene ring substituents is 1. The van der Waals surface area contributed by atoms with E-state index < -0.39 is 4.92 Å². The van der Waals surface area contributed by atoms with Crippen LogP contribution in [0.4, 0.5) is 11.4 Å². The predicted molar refractivity (Wildman–Crippen MR) is 98.5 cm³/mol. The van der Waals surface area contributed by atoms with Gasteiger partial charge in [0.15, 0.2) is 5.96 Å². The van der Waals surface area contributed by atoms with Gasteiger partial charge >= 0.3 is 0 Å². The van der Waals surface area contributed by atoms with Crippen molar-refractivity contribution in [3.8, 4) is 0 Å². The lowest BCUT2D eigenvalue weighted by molar-refractivity contribution is -0.384. The van der Waals surface area contributed by atoms with Gasteiger partial charge in [-0.2, -0.15) is 11.8 Å². The molecule has 0 saturated carbocycles. The summed E-state index contributed by atoms with van der Waals surface area (Å²) in [5, 5.41) is 20.3. The Hall–Kier alpha value is -1.96. The van der Waals surface area contributed by atoms with Crippen molar-refractivity contribution >= 4 is 29.1 Å². The molecule has 8 heteroatoms. The second-order valence-corrected chi connectivity index (χ2v) is 7.06. The lowest BCUT2D eigenvalue weighted by Gasteiger charge is -2.23. The van der Waals surface area contributed by atoms with Gasteiger partial charge in [-0.05, 0) is 32.2 Å². The lowest BCUT2D eigenvalue weighted by atomic mass is 10.2. The van der Waals surface area contributed by atoms with Crippen molar-refractivity contribution in [3.63, 3.8) is 0 Å². The number of anilines is 1. The maximum absolute atomic E-state index is 10.6. The number of nitrogens with one attached hydrogen (secondary N) is 3. The van der Waals surface area contributed by atoms with Crippen LogP contribution in [0.2, 0.25) is 0 Å². The molecule has 1 aromatic carbocycles. The maximum Gasteiger partial charge on any atom is 0.269 e. The molecular formula is C15H25N5O2S. The summed E-state index contributed by atoms with van der Waals surface area (Å²) in [7, 11) is 1.74. The van der Waals surface area contributed by atoms with Gasteiger partial charge in [-0.15, -0.1) is 0 Å². The summed E-state index contributed by atoms with van der Waals surface area (Å²) in [4.78, 5) is 14.4. The van der Waals surface area contributed by atoms with Gasteiger partial charge in [0.05, 0.1) is 4.92 Å². The Bertz CT molecular complexity index is 531. The standard InChI is InChI=1S/C15H25N5O2S/c1-15(2,23-4)11-19-14(16-3)18-10-9-17-12-5-7-13(8-6-12)20(21)22/h5-8,17H,9-11H2,1-4H3,(H2,16,18,19). The molecule has 0 aliphatic heterocycles. The molecule has 23 heavy (non-hydrogen) atoms. The summed E-state index contributed by atoms with van der Waals surface area (Å²) >= 11 is 1.80. The highest BCUT2D eigenvalue weighted by Crippen LogP contribution is 2.19. The number of thioether (sulfide) groups is 1. The first-order chi connectivity index (χ1) is 10.9. The highest BCUT2D eigenvalue weighted by Gasteiger charge is 2.15. The van der Waals surface area contributed by atoms with Crippen LogP contribution in [0.1, 0.15) is 13.8 Å². The molecular weight excluding hydrogens is 314 g/mol. The van der Waals surface area contributed by atoms with Crippen LogP contribution in [0.5, 0.6) is 0 Å². The number of benzene rings is 1. The molecule has 1 rings (SSSR count). The topological polar surface area (TPSA) is 91.6 Å². The van der Waals surface area contributed by atoms with E-state index in [1.54, 1.807) is 30.9 Å². The van der Waals surface area contributed by atoms with E-state index in [0.29, 0.717) is 13.1 Å². The SMILES string of the molecule is CN=C(NCCNc1ccc([N+](=O)[O-])cc1)NCC(C)(C)SC. The van der Waals surface area contributed by atoms with Gasteiger partial charge in [0.2, 0.25) is 0 Å². The number of aliphatic imine (C=N–C) groups is 1. The van der Waals surface area contributed by atoms with Crippen LogP contribution < -0.4 is 16.0 Å². The summed E-state index contributed by atoms with van der Waals surface area (Å²) in [5.41, 5.74) is 0.943. The fourth-order valence-corrected chi connectivity index (χ4v) is 1.89. The molecule has 0 fully saturated rings. The minimum atomic E-state index is -0.406. The fourth-order valence-electron chi connectivity index (χ4n) is 1.68. The summed E-state index contributed by atoms with van der Waals surface area (Å²) in [6.45, 7) is 6.55. The Morgan fingerprint density at radius 3 is 2.43 bits per heavy atom. The molecule has 0 aromatic heterocycles. The molecule has 7 nitrogen and oxygen atoms in total. The van der Waals surface area contributed by atoms with Crippen LogP contribution in [0.15, 0.2) is 29.3 Å². The maximum atomic E-state index is 10.6. The summed E-state index contributed by atoms with van der Waals surface area (Å²) in [6, 6.07) is 6.37. The molecule has 0 aliphatic rings. The van der Waals surface area contributed by atoms with Gasteiger partial charge in [0.1, 0.15) is 0 Å². The molecule has 0 heterocycles. The minimum Gasteiger partial charge on any atom is -0.383 e. The monoisotopic (exact) mass is 339 g/mol. The van der Waals surface area contributed by atoms with E-state index in [4.69, 9.17) is 0 Å². The summed E-state index contributed by atoms with van der Waals surface area (Å²) < 4.78 is 0.147. The number of hydrogen-bond donors (Lipinski definition) is 3. The van der Waals surface area contributed by atoms with E-state index in [9.17, 15) is 10.1 Å². The van der Waals surface area contributed by atoms with E-state index in [1.165, 1.54) is 12.1 Å². The van der Waals surface area contributed by atoms with Crippen LogP contribution >= 0.6 is 11.8 Å². The second kappa shape index (κ2) is 9.24. The first kappa shape index (κ1) is 19.1. The van der Waals surface area contributed by atoms with Crippen molar-refractivity contribution in [2.45, 2.75) is 18.6 Å². The third kappa shape index (κ3) is 7.23. The number of rotatable bonds is 8. The number of nitro benzene ring substituents is 1. The van der Waals surface area contributed by atoms with Crippen molar-refractivity contribution in [2.75, 3.05) is 38.3 Å². The Balaban J connectivity index is 2.31. The third-order valence-electron chi connectivity index (χ3n) is 3.28.